The standard InChI is InChI=1S/C25H31FN4O3/c1-18(2)29-23-7-4-3-6-22(23)24(27-29)25(31)30(32)20-12-15-28(16-13-20)14-5-17-33-21-10-8-19(26)9-11-21/h3-4,6-11,18,20,32H,5,12-17H2,1-2H3. The van der Waals surface area contributed by atoms with Crippen LogP contribution in [0.15, 0.2) is 48.5 Å². The number of hydroxylamine groups is 2. The van der Waals surface area contributed by atoms with E-state index in [0.717, 1.165) is 42.0 Å². The normalized spacial score (nSPS) is 15.3. The first-order chi connectivity index (χ1) is 15.9. The van der Waals surface area contributed by atoms with Crippen LogP contribution in [0.2, 0.25) is 0 Å². The molecule has 176 valence electrons. The van der Waals surface area contributed by atoms with Gasteiger partial charge in [-0.05, 0) is 63.4 Å². The Morgan fingerprint density at radius 2 is 1.88 bits per heavy atom. The summed E-state index contributed by atoms with van der Waals surface area (Å²) in [5.74, 6) is -0.0585. The van der Waals surface area contributed by atoms with E-state index in [1.165, 1.54) is 12.1 Å². The van der Waals surface area contributed by atoms with Crippen molar-refractivity contribution < 1.29 is 19.1 Å². The number of hydrogen-bond acceptors (Lipinski definition) is 5. The predicted molar refractivity (Wildman–Crippen MR) is 124 cm³/mol. The van der Waals surface area contributed by atoms with Crippen molar-refractivity contribution in [1.82, 2.24) is 19.7 Å². The number of hydrogen-bond donors (Lipinski definition) is 1. The van der Waals surface area contributed by atoms with Crippen molar-refractivity contribution in [3.05, 3.63) is 60.0 Å². The Labute approximate surface area is 193 Å². The molecule has 0 radical (unpaired) electrons. The Morgan fingerprint density at radius 1 is 1.18 bits per heavy atom. The second-order valence-corrected chi connectivity index (χ2v) is 8.78. The van der Waals surface area contributed by atoms with Crippen molar-refractivity contribution in [3.63, 3.8) is 0 Å². The van der Waals surface area contributed by atoms with Gasteiger partial charge in [-0.15, -0.1) is 0 Å². The molecule has 1 N–H and O–H groups in total. The quantitative estimate of drug-likeness (QED) is 0.308. The van der Waals surface area contributed by atoms with E-state index < -0.39 is 5.91 Å². The molecule has 1 fully saturated rings. The van der Waals surface area contributed by atoms with Gasteiger partial charge in [-0.1, -0.05) is 18.2 Å². The van der Waals surface area contributed by atoms with Gasteiger partial charge in [0.1, 0.15) is 11.6 Å². The topological polar surface area (TPSA) is 70.8 Å². The Morgan fingerprint density at radius 3 is 2.58 bits per heavy atom. The van der Waals surface area contributed by atoms with Gasteiger partial charge in [0, 0.05) is 31.1 Å². The van der Waals surface area contributed by atoms with Crippen molar-refractivity contribution in [1.29, 1.82) is 0 Å². The Bertz CT molecular complexity index is 1070. The maximum absolute atomic E-state index is 13.1. The van der Waals surface area contributed by atoms with Crippen molar-refractivity contribution in [2.75, 3.05) is 26.2 Å². The maximum atomic E-state index is 13.1. The van der Waals surface area contributed by atoms with E-state index in [1.54, 1.807) is 12.1 Å². The van der Waals surface area contributed by atoms with E-state index in [4.69, 9.17) is 4.74 Å². The molecule has 8 heteroatoms. The van der Waals surface area contributed by atoms with Crippen LogP contribution in [-0.2, 0) is 0 Å². The van der Waals surface area contributed by atoms with Gasteiger partial charge in [0.15, 0.2) is 5.69 Å². The van der Waals surface area contributed by atoms with Crippen molar-refractivity contribution in [2.24, 2.45) is 0 Å². The fourth-order valence-corrected chi connectivity index (χ4v) is 4.31. The van der Waals surface area contributed by atoms with Gasteiger partial charge in [0.25, 0.3) is 5.91 Å². The lowest BCUT2D eigenvalue weighted by atomic mass is 10.0. The number of piperidine rings is 1. The molecule has 4 rings (SSSR count). The summed E-state index contributed by atoms with van der Waals surface area (Å²) in [4.78, 5) is 15.4. The fraction of sp³-hybridized carbons (Fsp3) is 0.440. The third kappa shape index (κ3) is 5.34. The number of nitrogens with zero attached hydrogens (tertiary/aromatic N) is 4. The lowest BCUT2D eigenvalue weighted by Gasteiger charge is -2.35. The van der Waals surface area contributed by atoms with Crippen LogP contribution in [0.4, 0.5) is 4.39 Å². The molecule has 0 atom stereocenters. The van der Waals surface area contributed by atoms with E-state index in [0.29, 0.717) is 30.9 Å². The summed E-state index contributed by atoms with van der Waals surface area (Å²) >= 11 is 0. The highest BCUT2D eigenvalue weighted by atomic mass is 19.1. The molecular weight excluding hydrogens is 423 g/mol. The second-order valence-electron chi connectivity index (χ2n) is 8.78. The maximum Gasteiger partial charge on any atom is 0.298 e. The molecule has 0 saturated carbocycles. The highest BCUT2D eigenvalue weighted by Gasteiger charge is 2.30. The van der Waals surface area contributed by atoms with Crippen LogP contribution in [0.25, 0.3) is 10.9 Å². The number of carbonyl (C=O) groups is 1. The van der Waals surface area contributed by atoms with Gasteiger partial charge < -0.3 is 9.64 Å². The Balaban J connectivity index is 1.28. The molecule has 33 heavy (non-hydrogen) atoms. The van der Waals surface area contributed by atoms with Gasteiger partial charge in [0.05, 0.1) is 18.2 Å². The van der Waals surface area contributed by atoms with Crippen LogP contribution in [0.5, 0.6) is 5.75 Å². The van der Waals surface area contributed by atoms with Crippen molar-refractivity contribution in [2.45, 2.75) is 45.2 Å². The highest BCUT2D eigenvalue weighted by Crippen LogP contribution is 2.24. The molecule has 2 aromatic carbocycles. The number of benzene rings is 2. The minimum atomic E-state index is -0.447. The van der Waals surface area contributed by atoms with Gasteiger partial charge in [-0.2, -0.15) is 5.10 Å². The number of fused-ring (bicyclic) bond motifs is 1. The minimum Gasteiger partial charge on any atom is -0.494 e. The zero-order chi connectivity index (χ0) is 23.4. The molecule has 3 aromatic rings. The summed E-state index contributed by atoms with van der Waals surface area (Å²) in [7, 11) is 0. The summed E-state index contributed by atoms with van der Waals surface area (Å²) in [6.45, 7) is 7.06. The molecule has 1 aliphatic rings. The second kappa shape index (κ2) is 10.3. The SMILES string of the molecule is CC(C)n1nc(C(=O)N(O)C2CCN(CCCOc3ccc(F)cc3)CC2)c2ccccc21. The monoisotopic (exact) mass is 454 g/mol. The third-order valence-electron chi connectivity index (χ3n) is 6.12. The molecule has 1 aliphatic heterocycles. The number of ether oxygens (including phenoxy) is 1. The number of para-hydroxylation sites is 1. The molecule has 7 nitrogen and oxygen atoms in total. The third-order valence-corrected chi connectivity index (χ3v) is 6.12. The number of amides is 1. The van der Waals surface area contributed by atoms with E-state index in [-0.39, 0.29) is 17.9 Å². The van der Waals surface area contributed by atoms with Crippen LogP contribution in [0.3, 0.4) is 0 Å². The van der Waals surface area contributed by atoms with E-state index in [1.807, 2.05) is 42.8 Å². The zero-order valence-corrected chi connectivity index (χ0v) is 19.2. The molecule has 0 aliphatic carbocycles. The number of aromatic nitrogens is 2. The summed E-state index contributed by atoms with van der Waals surface area (Å²) in [5, 5.41) is 16.9. The number of carbonyl (C=O) groups excluding carboxylic acids is 1. The predicted octanol–water partition coefficient (Wildman–Crippen LogP) is 4.52. The molecule has 0 spiro atoms. The van der Waals surface area contributed by atoms with Crippen LogP contribution in [0, 0.1) is 5.82 Å². The molecule has 2 heterocycles. The van der Waals surface area contributed by atoms with Crippen LogP contribution in [-0.4, -0.2) is 63.1 Å². The number of likely N-dealkylation sites (tertiary alicyclic amines) is 1. The van der Waals surface area contributed by atoms with E-state index in [9.17, 15) is 14.4 Å². The summed E-state index contributed by atoms with van der Waals surface area (Å²) in [6.07, 6.45) is 2.25. The lowest BCUT2D eigenvalue weighted by molar-refractivity contribution is -0.101. The summed E-state index contributed by atoms with van der Waals surface area (Å²) in [6, 6.07) is 13.5. The highest BCUT2D eigenvalue weighted by molar-refractivity contribution is 6.04. The van der Waals surface area contributed by atoms with Crippen LogP contribution in [0.1, 0.15) is 49.6 Å². The van der Waals surface area contributed by atoms with Gasteiger partial charge in [-0.25, -0.2) is 9.45 Å². The van der Waals surface area contributed by atoms with Crippen LogP contribution >= 0.6 is 0 Å². The molecule has 0 bridgehead atoms. The van der Waals surface area contributed by atoms with Crippen molar-refractivity contribution >= 4 is 16.8 Å². The Hall–Kier alpha value is -2.97. The largest absolute Gasteiger partial charge is 0.494 e. The first-order valence-electron chi connectivity index (χ1n) is 11.5. The van der Waals surface area contributed by atoms with Gasteiger partial charge in [-0.3, -0.25) is 14.7 Å². The number of halogens is 1. The molecule has 1 amide bonds. The zero-order valence-electron chi connectivity index (χ0n) is 19.2. The van der Waals surface area contributed by atoms with E-state index in [2.05, 4.69) is 10.00 Å². The van der Waals surface area contributed by atoms with E-state index >= 15 is 0 Å². The first-order valence-corrected chi connectivity index (χ1v) is 11.5. The lowest BCUT2D eigenvalue weighted by Crippen LogP contribution is -2.46. The average Bonchev–Trinajstić information content (AvgIpc) is 3.22. The first kappa shape index (κ1) is 23.2. The number of rotatable bonds is 8. The van der Waals surface area contributed by atoms with Gasteiger partial charge >= 0.3 is 0 Å². The fourth-order valence-electron chi connectivity index (χ4n) is 4.31. The molecular formula is C25H31FN4O3. The van der Waals surface area contributed by atoms with Crippen molar-refractivity contribution in [3.8, 4) is 5.75 Å². The van der Waals surface area contributed by atoms with Gasteiger partial charge in [0.2, 0.25) is 0 Å². The smallest absolute Gasteiger partial charge is 0.298 e. The molecule has 0 unspecified atom stereocenters. The summed E-state index contributed by atoms with van der Waals surface area (Å²) < 4.78 is 20.4. The van der Waals surface area contributed by atoms with Crippen LogP contribution < -0.4 is 4.74 Å². The average molecular weight is 455 g/mol. The molecule has 1 saturated heterocycles. The summed E-state index contributed by atoms with van der Waals surface area (Å²) in [5.41, 5.74) is 1.18. The minimum absolute atomic E-state index is 0.110. The molecule has 1 aromatic heterocycles. The Kier molecular flexibility index (Phi) is 7.25.